The molecule has 0 saturated carbocycles. The number of methoxy groups -OCH3 is 2. The molecule has 7 rings (SSSR count). The van der Waals surface area contributed by atoms with E-state index in [0.29, 0.717) is 34.4 Å². The van der Waals surface area contributed by atoms with Crippen LogP contribution in [0.3, 0.4) is 0 Å². The zero-order valence-electron chi connectivity index (χ0n) is 23.7. The lowest BCUT2D eigenvalue weighted by Crippen LogP contribution is -2.25. The van der Waals surface area contributed by atoms with Crippen molar-refractivity contribution in [3.63, 3.8) is 0 Å². The Labute approximate surface area is 248 Å². The molecule has 0 amide bonds. The number of benzene rings is 4. The molecule has 1 aromatic heterocycles. The second-order valence-corrected chi connectivity index (χ2v) is 10.7. The maximum absolute atomic E-state index is 13.8. The minimum absolute atomic E-state index is 0.00763. The Morgan fingerprint density at radius 1 is 0.795 bits per heavy atom. The highest BCUT2D eigenvalue weighted by Gasteiger charge is 2.42. The molecule has 0 spiro atoms. The lowest BCUT2D eigenvalue weighted by molar-refractivity contribution is 0.0971. The molecule has 0 aliphatic heterocycles. The van der Waals surface area contributed by atoms with Crippen molar-refractivity contribution in [3.05, 3.63) is 91.9 Å². The van der Waals surface area contributed by atoms with E-state index >= 15 is 0 Å². The van der Waals surface area contributed by atoms with Gasteiger partial charge < -0.3 is 29.9 Å². The molecule has 4 N–H and O–H groups in total. The molecular formula is C33H24N2O9. The Hall–Kier alpha value is -5.84. The highest BCUT2D eigenvalue weighted by atomic mass is 16.5. The van der Waals surface area contributed by atoms with Crippen LogP contribution < -0.4 is 15.0 Å². The van der Waals surface area contributed by atoms with Crippen LogP contribution in [-0.4, -0.2) is 56.0 Å². The highest BCUT2D eigenvalue weighted by Crippen LogP contribution is 2.54. The van der Waals surface area contributed by atoms with Gasteiger partial charge in [0.25, 0.3) is 5.56 Å². The van der Waals surface area contributed by atoms with Crippen LogP contribution in [0.5, 0.6) is 34.5 Å². The number of para-hydroxylation sites is 2. The van der Waals surface area contributed by atoms with E-state index in [1.807, 2.05) is 0 Å². The largest absolute Gasteiger partial charge is 0.508 e. The van der Waals surface area contributed by atoms with Crippen LogP contribution in [0, 0.1) is 6.92 Å². The van der Waals surface area contributed by atoms with Crippen LogP contribution in [0.1, 0.15) is 48.5 Å². The molecule has 0 atom stereocenters. The van der Waals surface area contributed by atoms with Crippen LogP contribution in [0.25, 0.3) is 27.6 Å². The van der Waals surface area contributed by atoms with Gasteiger partial charge in [-0.3, -0.25) is 14.4 Å². The number of hydrogen-bond donors (Lipinski definition) is 4. The third kappa shape index (κ3) is 3.37. The average Bonchev–Trinajstić information content (AvgIpc) is 3.02. The van der Waals surface area contributed by atoms with E-state index in [9.17, 15) is 34.8 Å². The van der Waals surface area contributed by atoms with Gasteiger partial charge in [-0.05, 0) is 49.6 Å². The van der Waals surface area contributed by atoms with Gasteiger partial charge >= 0.3 is 0 Å². The topological polar surface area (TPSA) is 168 Å². The molecule has 0 saturated heterocycles. The molecule has 11 heteroatoms. The molecule has 11 nitrogen and oxygen atoms in total. The summed E-state index contributed by atoms with van der Waals surface area (Å²) in [7, 11) is 2.77. The Kier molecular flexibility index (Phi) is 5.73. The number of rotatable bonds is 3. The molecule has 0 bridgehead atoms. The van der Waals surface area contributed by atoms with E-state index < -0.39 is 45.7 Å². The summed E-state index contributed by atoms with van der Waals surface area (Å²) in [4.78, 5) is 41.5. The van der Waals surface area contributed by atoms with Crippen LogP contribution in [0.4, 0.5) is 0 Å². The maximum Gasteiger partial charge on any atom is 0.283 e. The summed E-state index contributed by atoms with van der Waals surface area (Å²) < 4.78 is 12.2. The summed E-state index contributed by atoms with van der Waals surface area (Å²) in [6.45, 7) is 1.40. The molecule has 5 aromatic rings. The Bertz CT molecular complexity index is 2220. The quantitative estimate of drug-likeness (QED) is 0.235. The van der Waals surface area contributed by atoms with Crippen molar-refractivity contribution in [2.75, 3.05) is 14.2 Å². The number of hydrogen-bond acceptors (Lipinski definition) is 10. The summed E-state index contributed by atoms with van der Waals surface area (Å²) in [5, 5.41) is 49.1. The van der Waals surface area contributed by atoms with Gasteiger partial charge in [0, 0.05) is 33.2 Å². The highest BCUT2D eigenvalue weighted by molar-refractivity contribution is 6.32. The Morgan fingerprint density at radius 3 is 2.27 bits per heavy atom. The van der Waals surface area contributed by atoms with E-state index in [1.165, 1.54) is 27.3 Å². The molecule has 4 aromatic carbocycles. The number of aromatic nitrogens is 2. The standard InChI is InChI=1S/C33H24N2O9/c1-13-19(36)11-17-24(27(13)37)31(41)26-25(28(17)38)30(40)23-16(32(26)44-3)9-8-14-10-15-12-34-35(18-6-4-5-7-20(18)43-2)33(42)22(15)29(39)21(14)23/h4-7,10-12,36-37,39-40H,8-9H2,1-3H3. The van der Waals surface area contributed by atoms with Gasteiger partial charge in [0.15, 0.2) is 5.78 Å². The zero-order chi connectivity index (χ0) is 31.2. The summed E-state index contributed by atoms with van der Waals surface area (Å²) in [6, 6.07) is 9.53. The molecule has 2 aliphatic carbocycles. The van der Waals surface area contributed by atoms with Gasteiger partial charge in [-0.1, -0.05) is 12.1 Å². The Balaban J connectivity index is 1.54. The molecule has 1 heterocycles. The van der Waals surface area contributed by atoms with Gasteiger partial charge in [0.1, 0.15) is 40.2 Å². The molecular weight excluding hydrogens is 568 g/mol. The second kappa shape index (κ2) is 9.33. The number of carbonyl (C=O) groups excluding carboxylic acids is 2. The lowest BCUT2D eigenvalue weighted by atomic mass is 9.75. The number of aryl methyl sites for hydroxylation is 1. The fourth-order valence-corrected chi connectivity index (χ4v) is 6.42. The predicted octanol–water partition coefficient (Wildman–Crippen LogP) is 4.07. The fourth-order valence-electron chi connectivity index (χ4n) is 6.42. The monoisotopic (exact) mass is 592 g/mol. The van der Waals surface area contributed by atoms with Gasteiger partial charge in [0.05, 0.1) is 42.5 Å². The molecule has 0 fully saturated rings. The van der Waals surface area contributed by atoms with Crippen molar-refractivity contribution in [2.24, 2.45) is 0 Å². The number of fused-ring (bicyclic) bond motifs is 6. The van der Waals surface area contributed by atoms with Gasteiger partial charge in [-0.25, -0.2) is 0 Å². The van der Waals surface area contributed by atoms with Crippen molar-refractivity contribution in [2.45, 2.75) is 19.8 Å². The maximum atomic E-state index is 13.8. The first-order valence-corrected chi connectivity index (χ1v) is 13.6. The van der Waals surface area contributed by atoms with Crippen molar-refractivity contribution in [3.8, 4) is 51.3 Å². The number of ketones is 2. The minimum atomic E-state index is -0.825. The van der Waals surface area contributed by atoms with Crippen molar-refractivity contribution in [1.29, 1.82) is 0 Å². The molecule has 220 valence electrons. The van der Waals surface area contributed by atoms with E-state index in [1.54, 1.807) is 30.3 Å². The second-order valence-electron chi connectivity index (χ2n) is 10.7. The first-order chi connectivity index (χ1) is 21.1. The van der Waals surface area contributed by atoms with Crippen LogP contribution in [-0.2, 0) is 12.8 Å². The summed E-state index contributed by atoms with van der Waals surface area (Å²) >= 11 is 0. The number of ether oxygens (including phenoxy) is 2. The molecule has 2 aliphatic rings. The van der Waals surface area contributed by atoms with Crippen LogP contribution in [0.15, 0.2) is 47.4 Å². The summed E-state index contributed by atoms with van der Waals surface area (Å²) in [5.74, 6) is -3.16. The van der Waals surface area contributed by atoms with Crippen LogP contribution in [0.2, 0.25) is 0 Å². The van der Waals surface area contributed by atoms with Crippen molar-refractivity contribution in [1.82, 2.24) is 9.78 Å². The smallest absolute Gasteiger partial charge is 0.283 e. The number of phenolic OH excluding ortho intramolecular Hbond substituents is 4. The normalized spacial score (nSPS) is 13.2. The van der Waals surface area contributed by atoms with E-state index in [0.717, 1.165) is 10.7 Å². The van der Waals surface area contributed by atoms with E-state index in [4.69, 9.17) is 9.47 Å². The first kappa shape index (κ1) is 27.0. The number of aromatic hydroxyl groups is 4. The summed E-state index contributed by atoms with van der Waals surface area (Å²) in [5.41, 5.74) is -0.389. The predicted molar refractivity (Wildman–Crippen MR) is 158 cm³/mol. The van der Waals surface area contributed by atoms with E-state index in [-0.39, 0.29) is 50.9 Å². The third-order valence-electron chi connectivity index (χ3n) is 8.52. The van der Waals surface area contributed by atoms with Crippen molar-refractivity contribution >= 4 is 22.3 Å². The third-order valence-corrected chi connectivity index (χ3v) is 8.52. The minimum Gasteiger partial charge on any atom is -0.508 e. The van der Waals surface area contributed by atoms with Gasteiger partial charge in [-0.15, -0.1) is 0 Å². The number of phenols is 4. The molecule has 0 unspecified atom stereocenters. The molecule has 44 heavy (non-hydrogen) atoms. The Morgan fingerprint density at radius 2 is 1.55 bits per heavy atom. The lowest BCUT2D eigenvalue weighted by Gasteiger charge is -2.29. The molecule has 0 radical (unpaired) electrons. The fraction of sp³-hybridized carbons (Fsp3) is 0.152. The zero-order valence-corrected chi connectivity index (χ0v) is 23.7. The average molecular weight is 593 g/mol. The van der Waals surface area contributed by atoms with Gasteiger partial charge in [0.2, 0.25) is 5.78 Å². The number of carbonyl (C=O) groups is 2. The van der Waals surface area contributed by atoms with E-state index in [2.05, 4.69) is 5.10 Å². The van der Waals surface area contributed by atoms with Gasteiger partial charge in [-0.2, -0.15) is 9.78 Å². The summed E-state index contributed by atoms with van der Waals surface area (Å²) in [6.07, 6.45) is 2.05. The first-order valence-electron chi connectivity index (χ1n) is 13.6. The van der Waals surface area contributed by atoms with Crippen LogP contribution >= 0.6 is 0 Å². The number of nitrogens with zero attached hydrogens (tertiary/aromatic N) is 2. The van der Waals surface area contributed by atoms with Crippen molar-refractivity contribution < 1.29 is 39.5 Å². The SMILES string of the molecule is COc1ccccc1-n1ncc2cc3c(c(O)c2c1=O)-c1c(O)c2c(c(OC)c1CC3)C(=O)c1c(cc(O)c(C)c1O)C2=O.